The Hall–Kier alpha value is -1.62. The maximum Gasteiger partial charge on any atom is 0.0849 e. The minimum absolute atomic E-state index is 0.169. The summed E-state index contributed by atoms with van der Waals surface area (Å²) in [5.41, 5.74) is 7.97. The van der Waals surface area contributed by atoms with Crippen molar-refractivity contribution in [1.29, 1.82) is 0 Å². The van der Waals surface area contributed by atoms with E-state index in [0.29, 0.717) is 12.6 Å². The molecule has 2 aromatic heterocycles. The second kappa shape index (κ2) is 5.35. The molecule has 2 heterocycles. The van der Waals surface area contributed by atoms with E-state index in [2.05, 4.69) is 24.0 Å². The number of hydrogen-bond donors (Lipinski definition) is 1. The molecule has 0 amide bonds. The molecule has 0 aliphatic carbocycles. The first-order chi connectivity index (χ1) is 8.54. The zero-order chi connectivity index (χ0) is 13.1. The smallest absolute Gasteiger partial charge is 0.0849 e. The van der Waals surface area contributed by atoms with Crippen molar-refractivity contribution in [1.82, 2.24) is 19.6 Å². The number of rotatable bonds is 5. The molecule has 0 saturated carbocycles. The zero-order valence-electron chi connectivity index (χ0n) is 11.2. The molecule has 98 valence electrons. The van der Waals surface area contributed by atoms with E-state index in [4.69, 9.17) is 5.73 Å². The van der Waals surface area contributed by atoms with Crippen LogP contribution in [0.3, 0.4) is 0 Å². The van der Waals surface area contributed by atoms with E-state index in [9.17, 15) is 0 Å². The molecule has 0 aromatic carbocycles. The molecule has 1 atom stereocenters. The van der Waals surface area contributed by atoms with Gasteiger partial charge in [0.25, 0.3) is 0 Å². The van der Waals surface area contributed by atoms with Gasteiger partial charge in [0.15, 0.2) is 0 Å². The van der Waals surface area contributed by atoms with Crippen LogP contribution in [0.5, 0.6) is 0 Å². The molecular weight excluding hydrogens is 226 g/mol. The summed E-state index contributed by atoms with van der Waals surface area (Å²) in [5.74, 6) is 0. The van der Waals surface area contributed by atoms with Gasteiger partial charge in [-0.2, -0.15) is 10.2 Å². The van der Waals surface area contributed by atoms with Gasteiger partial charge in [0.2, 0.25) is 0 Å². The van der Waals surface area contributed by atoms with Crippen LogP contribution >= 0.6 is 0 Å². The normalized spacial score (nSPS) is 13.2. The summed E-state index contributed by atoms with van der Waals surface area (Å²) < 4.78 is 3.87. The fourth-order valence-electron chi connectivity index (χ4n) is 1.89. The molecule has 0 aliphatic rings. The molecule has 0 fully saturated rings. The number of nitrogens with two attached hydrogens (primary N) is 1. The molecular formula is C13H21N5. The Labute approximate surface area is 108 Å². The van der Waals surface area contributed by atoms with Gasteiger partial charge >= 0.3 is 0 Å². The average molecular weight is 247 g/mol. The summed E-state index contributed by atoms with van der Waals surface area (Å²) in [6.07, 6.45) is 6.79. The maximum atomic E-state index is 5.77. The van der Waals surface area contributed by atoms with Crippen LogP contribution in [-0.4, -0.2) is 25.6 Å². The summed E-state index contributed by atoms with van der Waals surface area (Å²) >= 11 is 0. The van der Waals surface area contributed by atoms with Crippen LogP contribution in [-0.2, 0) is 13.0 Å². The highest BCUT2D eigenvalue weighted by molar-refractivity contribution is 5.07. The summed E-state index contributed by atoms with van der Waals surface area (Å²) in [6, 6.07) is 2.60. The van der Waals surface area contributed by atoms with Gasteiger partial charge in [-0.15, -0.1) is 0 Å². The first kappa shape index (κ1) is 12.8. The predicted octanol–water partition coefficient (Wildman–Crippen LogP) is 1.60. The molecule has 0 aliphatic heterocycles. The standard InChI is InChI=1S/C13H21N5/c1-10(2)18-5-4-13(16-18)9-17-8-12(7-15-17)6-11(3)14/h4-5,7-8,10-11H,6,9,14H2,1-3H3. The second-order valence-corrected chi connectivity index (χ2v) is 5.11. The second-order valence-electron chi connectivity index (χ2n) is 5.11. The fourth-order valence-corrected chi connectivity index (χ4v) is 1.89. The minimum Gasteiger partial charge on any atom is -0.328 e. The Morgan fingerprint density at radius 1 is 1.33 bits per heavy atom. The summed E-state index contributed by atoms with van der Waals surface area (Å²) in [4.78, 5) is 0. The number of nitrogens with zero attached hydrogens (tertiary/aromatic N) is 4. The van der Waals surface area contributed by atoms with Gasteiger partial charge in [0.1, 0.15) is 0 Å². The van der Waals surface area contributed by atoms with E-state index in [0.717, 1.165) is 12.1 Å². The van der Waals surface area contributed by atoms with Gasteiger partial charge in [-0.25, -0.2) is 0 Å². The van der Waals surface area contributed by atoms with Crippen LogP contribution < -0.4 is 5.73 Å². The van der Waals surface area contributed by atoms with Crippen molar-refractivity contribution < 1.29 is 0 Å². The minimum atomic E-state index is 0.169. The van der Waals surface area contributed by atoms with Crippen LogP contribution in [0, 0.1) is 0 Å². The number of hydrogen-bond acceptors (Lipinski definition) is 3. The van der Waals surface area contributed by atoms with Crippen molar-refractivity contribution in [2.24, 2.45) is 5.73 Å². The van der Waals surface area contributed by atoms with Gasteiger partial charge in [-0.1, -0.05) is 0 Å². The van der Waals surface area contributed by atoms with Crippen LogP contribution in [0.25, 0.3) is 0 Å². The van der Waals surface area contributed by atoms with Crippen LogP contribution in [0.15, 0.2) is 24.7 Å². The van der Waals surface area contributed by atoms with E-state index in [1.807, 2.05) is 40.9 Å². The lowest BCUT2D eigenvalue weighted by atomic mass is 10.1. The van der Waals surface area contributed by atoms with Gasteiger partial charge < -0.3 is 5.73 Å². The van der Waals surface area contributed by atoms with Crippen molar-refractivity contribution in [3.63, 3.8) is 0 Å². The van der Waals surface area contributed by atoms with Gasteiger partial charge in [0, 0.05) is 24.5 Å². The van der Waals surface area contributed by atoms with E-state index in [1.165, 1.54) is 5.56 Å². The Morgan fingerprint density at radius 2 is 2.11 bits per heavy atom. The highest BCUT2D eigenvalue weighted by Gasteiger charge is 2.05. The molecule has 2 aromatic rings. The zero-order valence-corrected chi connectivity index (χ0v) is 11.2. The Bertz CT molecular complexity index is 495. The lowest BCUT2D eigenvalue weighted by Gasteiger charge is -2.04. The molecule has 2 rings (SSSR count). The van der Waals surface area contributed by atoms with Crippen molar-refractivity contribution in [3.8, 4) is 0 Å². The highest BCUT2D eigenvalue weighted by atomic mass is 15.3. The average Bonchev–Trinajstić information content (AvgIpc) is 2.88. The molecule has 5 nitrogen and oxygen atoms in total. The molecule has 2 N–H and O–H groups in total. The van der Waals surface area contributed by atoms with Gasteiger partial charge in [-0.3, -0.25) is 9.36 Å². The fraction of sp³-hybridized carbons (Fsp3) is 0.538. The lowest BCUT2D eigenvalue weighted by molar-refractivity contribution is 0.520. The maximum absolute atomic E-state index is 5.77. The van der Waals surface area contributed by atoms with Crippen molar-refractivity contribution in [2.75, 3.05) is 0 Å². The van der Waals surface area contributed by atoms with Crippen LogP contribution in [0.2, 0.25) is 0 Å². The summed E-state index contributed by atoms with van der Waals surface area (Å²) in [5, 5.41) is 8.84. The quantitative estimate of drug-likeness (QED) is 0.873. The van der Waals surface area contributed by atoms with E-state index < -0.39 is 0 Å². The monoisotopic (exact) mass is 247 g/mol. The predicted molar refractivity (Wildman–Crippen MR) is 71.3 cm³/mol. The lowest BCUT2D eigenvalue weighted by Crippen LogP contribution is -2.17. The van der Waals surface area contributed by atoms with E-state index >= 15 is 0 Å². The molecule has 5 heteroatoms. The molecule has 0 bridgehead atoms. The Balaban J connectivity index is 2.02. The number of aromatic nitrogens is 4. The largest absolute Gasteiger partial charge is 0.328 e. The third-order valence-electron chi connectivity index (χ3n) is 2.76. The summed E-state index contributed by atoms with van der Waals surface area (Å²) in [6.45, 7) is 6.94. The summed E-state index contributed by atoms with van der Waals surface area (Å²) in [7, 11) is 0. The third-order valence-corrected chi connectivity index (χ3v) is 2.76. The molecule has 18 heavy (non-hydrogen) atoms. The van der Waals surface area contributed by atoms with Gasteiger partial charge in [-0.05, 0) is 38.8 Å². The Kier molecular flexibility index (Phi) is 3.81. The highest BCUT2D eigenvalue weighted by Crippen LogP contribution is 2.07. The van der Waals surface area contributed by atoms with E-state index in [-0.39, 0.29) is 6.04 Å². The van der Waals surface area contributed by atoms with Crippen molar-refractivity contribution in [3.05, 3.63) is 35.9 Å². The third kappa shape index (κ3) is 3.20. The van der Waals surface area contributed by atoms with Crippen LogP contribution in [0.1, 0.15) is 38.1 Å². The van der Waals surface area contributed by atoms with Crippen molar-refractivity contribution >= 4 is 0 Å². The molecule has 1 unspecified atom stereocenters. The topological polar surface area (TPSA) is 61.7 Å². The van der Waals surface area contributed by atoms with Gasteiger partial charge in [0.05, 0.1) is 18.4 Å². The Morgan fingerprint density at radius 3 is 2.72 bits per heavy atom. The molecule has 0 spiro atoms. The van der Waals surface area contributed by atoms with Crippen LogP contribution in [0.4, 0.5) is 0 Å². The first-order valence-electron chi connectivity index (χ1n) is 6.35. The first-order valence-corrected chi connectivity index (χ1v) is 6.35. The van der Waals surface area contributed by atoms with Crippen molar-refractivity contribution in [2.45, 2.75) is 45.8 Å². The SMILES string of the molecule is CC(N)Cc1cnn(Cc2ccn(C(C)C)n2)c1. The molecule has 0 radical (unpaired) electrons. The molecule has 0 saturated heterocycles. The van der Waals surface area contributed by atoms with E-state index in [1.54, 1.807) is 0 Å².